The van der Waals surface area contributed by atoms with Gasteiger partial charge >= 0.3 is 0 Å². The number of halogens is 1. The monoisotopic (exact) mass is 247 g/mol. The highest BCUT2D eigenvalue weighted by atomic mass is 19.1. The van der Waals surface area contributed by atoms with Gasteiger partial charge < -0.3 is 14.8 Å². The maximum absolute atomic E-state index is 13.9. The molecule has 0 amide bonds. The maximum Gasteiger partial charge on any atom is 0.147 e. The number of hydrogen-bond acceptors (Lipinski definition) is 2. The number of likely N-dealkylation sites (N-methyl/N-ethyl adjacent to an activating group) is 1. The van der Waals surface area contributed by atoms with Crippen molar-refractivity contribution < 1.29 is 4.39 Å². The van der Waals surface area contributed by atoms with E-state index < -0.39 is 0 Å². The van der Waals surface area contributed by atoms with E-state index in [4.69, 9.17) is 0 Å². The Morgan fingerprint density at radius 3 is 2.94 bits per heavy atom. The predicted molar refractivity (Wildman–Crippen MR) is 71.1 cm³/mol. The van der Waals surface area contributed by atoms with Crippen molar-refractivity contribution in [1.29, 1.82) is 0 Å². The summed E-state index contributed by atoms with van der Waals surface area (Å²) in [6.45, 7) is 3.01. The summed E-state index contributed by atoms with van der Waals surface area (Å²) in [6, 6.07) is 5.60. The fourth-order valence-electron chi connectivity index (χ4n) is 2.83. The lowest BCUT2D eigenvalue weighted by atomic mass is 10.0. The summed E-state index contributed by atoms with van der Waals surface area (Å²) < 4.78 is 15.7. The summed E-state index contributed by atoms with van der Waals surface area (Å²) in [5.41, 5.74) is 1.89. The number of fused-ring (bicyclic) bond motifs is 1. The molecule has 1 N–H and O–H groups in total. The lowest BCUT2D eigenvalue weighted by molar-refractivity contribution is 0.241. The molecule has 0 saturated carbocycles. The van der Waals surface area contributed by atoms with Crippen LogP contribution in [-0.4, -0.2) is 36.1 Å². The highest BCUT2D eigenvalue weighted by Crippen LogP contribution is 2.28. The smallest absolute Gasteiger partial charge is 0.147 e. The van der Waals surface area contributed by atoms with Gasteiger partial charge in [0.15, 0.2) is 0 Å². The van der Waals surface area contributed by atoms with E-state index in [0.29, 0.717) is 5.52 Å². The number of para-hydroxylation sites is 1. The Bertz CT molecular complexity index is 576. The molecule has 0 spiro atoms. The second kappa shape index (κ2) is 4.37. The molecule has 1 fully saturated rings. The molecule has 1 saturated heterocycles. The summed E-state index contributed by atoms with van der Waals surface area (Å²) >= 11 is 0. The number of nitrogens with zero attached hydrogens (tertiary/aromatic N) is 2. The van der Waals surface area contributed by atoms with Crippen LogP contribution in [0.4, 0.5) is 4.39 Å². The van der Waals surface area contributed by atoms with Crippen LogP contribution in [-0.2, 0) is 7.05 Å². The van der Waals surface area contributed by atoms with Crippen LogP contribution in [0, 0.1) is 5.82 Å². The van der Waals surface area contributed by atoms with Crippen LogP contribution in [0.3, 0.4) is 0 Å². The number of rotatable bonds is 1. The Morgan fingerprint density at radius 2 is 2.17 bits per heavy atom. The van der Waals surface area contributed by atoms with E-state index in [1.807, 2.05) is 23.9 Å². The number of benzene rings is 1. The average Bonchev–Trinajstić information content (AvgIpc) is 2.68. The molecule has 1 unspecified atom stereocenters. The molecule has 1 atom stereocenters. The SMILES string of the molecule is CN1CCNC(c2cn(C)c3c(F)cccc23)C1. The molecule has 2 heterocycles. The van der Waals surface area contributed by atoms with Crippen molar-refractivity contribution in [2.24, 2.45) is 7.05 Å². The second-order valence-electron chi connectivity index (χ2n) is 5.10. The van der Waals surface area contributed by atoms with E-state index >= 15 is 0 Å². The molecule has 4 heteroatoms. The van der Waals surface area contributed by atoms with Crippen LogP contribution in [0.2, 0.25) is 0 Å². The van der Waals surface area contributed by atoms with E-state index in [9.17, 15) is 4.39 Å². The predicted octanol–water partition coefficient (Wildman–Crippen LogP) is 1.89. The third-order valence-electron chi connectivity index (χ3n) is 3.74. The molecule has 2 aromatic rings. The number of aryl methyl sites for hydroxylation is 1. The number of nitrogens with one attached hydrogen (secondary N) is 1. The first kappa shape index (κ1) is 11.7. The van der Waals surface area contributed by atoms with E-state index in [1.54, 1.807) is 6.07 Å². The zero-order valence-electron chi connectivity index (χ0n) is 10.8. The summed E-state index contributed by atoms with van der Waals surface area (Å²) in [6.07, 6.45) is 2.05. The lowest BCUT2D eigenvalue weighted by Gasteiger charge is -2.30. The second-order valence-corrected chi connectivity index (χ2v) is 5.10. The Labute approximate surface area is 106 Å². The van der Waals surface area contributed by atoms with Gasteiger partial charge in [-0.05, 0) is 18.7 Å². The van der Waals surface area contributed by atoms with E-state index in [-0.39, 0.29) is 11.9 Å². The van der Waals surface area contributed by atoms with Gasteiger partial charge in [0.25, 0.3) is 0 Å². The van der Waals surface area contributed by atoms with Crippen molar-refractivity contribution in [3.05, 3.63) is 35.8 Å². The molecule has 96 valence electrons. The van der Waals surface area contributed by atoms with Crippen LogP contribution in [0.25, 0.3) is 10.9 Å². The van der Waals surface area contributed by atoms with Crippen LogP contribution in [0.15, 0.2) is 24.4 Å². The van der Waals surface area contributed by atoms with Gasteiger partial charge in [0.05, 0.1) is 5.52 Å². The fraction of sp³-hybridized carbons (Fsp3) is 0.429. The van der Waals surface area contributed by atoms with Crippen molar-refractivity contribution in [2.45, 2.75) is 6.04 Å². The van der Waals surface area contributed by atoms with Gasteiger partial charge in [-0.3, -0.25) is 0 Å². The topological polar surface area (TPSA) is 20.2 Å². The minimum Gasteiger partial charge on any atom is -0.348 e. The zero-order valence-corrected chi connectivity index (χ0v) is 10.8. The quantitative estimate of drug-likeness (QED) is 0.830. The van der Waals surface area contributed by atoms with Gasteiger partial charge in [-0.15, -0.1) is 0 Å². The van der Waals surface area contributed by atoms with Crippen molar-refractivity contribution in [3.8, 4) is 0 Å². The first-order valence-corrected chi connectivity index (χ1v) is 6.32. The summed E-state index contributed by atoms with van der Waals surface area (Å²) in [4.78, 5) is 2.30. The molecule has 0 aliphatic carbocycles. The van der Waals surface area contributed by atoms with Crippen molar-refractivity contribution in [1.82, 2.24) is 14.8 Å². The van der Waals surface area contributed by atoms with Crippen LogP contribution < -0.4 is 5.32 Å². The molecule has 18 heavy (non-hydrogen) atoms. The fourth-order valence-corrected chi connectivity index (χ4v) is 2.83. The Kier molecular flexibility index (Phi) is 2.84. The van der Waals surface area contributed by atoms with E-state index in [0.717, 1.165) is 25.0 Å². The largest absolute Gasteiger partial charge is 0.348 e. The first-order valence-electron chi connectivity index (χ1n) is 6.32. The van der Waals surface area contributed by atoms with Gasteiger partial charge in [0.1, 0.15) is 5.82 Å². The normalized spacial score (nSPS) is 21.6. The average molecular weight is 247 g/mol. The summed E-state index contributed by atoms with van der Waals surface area (Å²) in [7, 11) is 4.03. The molecular weight excluding hydrogens is 229 g/mol. The number of hydrogen-bond donors (Lipinski definition) is 1. The molecule has 1 aromatic carbocycles. The van der Waals surface area contributed by atoms with Gasteiger partial charge in [0.2, 0.25) is 0 Å². The molecule has 3 rings (SSSR count). The molecular formula is C14H18FN3. The Hall–Kier alpha value is -1.39. The highest BCUT2D eigenvalue weighted by Gasteiger charge is 2.22. The first-order chi connectivity index (χ1) is 8.66. The molecule has 3 nitrogen and oxygen atoms in total. The van der Waals surface area contributed by atoms with Crippen molar-refractivity contribution in [2.75, 3.05) is 26.7 Å². The van der Waals surface area contributed by atoms with Gasteiger partial charge in [-0.2, -0.15) is 0 Å². The standard InChI is InChI=1S/C14H18FN3/c1-17-7-6-16-13(9-17)11-8-18(2)14-10(11)4-3-5-12(14)15/h3-5,8,13,16H,6-7,9H2,1-2H3. The van der Waals surface area contributed by atoms with Crippen LogP contribution in [0.5, 0.6) is 0 Å². The minimum atomic E-state index is -0.148. The Balaban J connectivity index is 2.09. The molecule has 1 aromatic heterocycles. The lowest BCUT2D eigenvalue weighted by Crippen LogP contribution is -2.43. The van der Waals surface area contributed by atoms with E-state index in [2.05, 4.69) is 17.3 Å². The third kappa shape index (κ3) is 1.82. The van der Waals surface area contributed by atoms with Gasteiger partial charge in [-0.1, -0.05) is 12.1 Å². The van der Waals surface area contributed by atoms with Gasteiger partial charge in [0, 0.05) is 44.3 Å². The molecule has 0 radical (unpaired) electrons. The summed E-state index contributed by atoms with van der Waals surface area (Å²) in [5.74, 6) is -0.148. The zero-order chi connectivity index (χ0) is 12.7. The molecule has 0 bridgehead atoms. The van der Waals surface area contributed by atoms with Crippen LogP contribution >= 0.6 is 0 Å². The number of aromatic nitrogens is 1. The van der Waals surface area contributed by atoms with Crippen molar-refractivity contribution in [3.63, 3.8) is 0 Å². The van der Waals surface area contributed by atoms with E-state index in [1.165, 1.54) is 11.6 Å². The minimum absolute atomic E-state index is 0.148. The number of piperazine rings is 1. The molecule has 1 aliphatic heterocycles. The Morgan fingerprint density at radius 1 is 1.33 bits per heavy atom. The summed E-state index contributed by atoms with van der Waals surface area (Å²) in [5, 5.41) is 4.53. The van der Waals surface area contributed by atoms with Crippen molar-refractivity contribution >= 4 is 10.9 Å². The maximum atomic E-state index is 13.9. The highest BCUT2D eigenvalue weighted by molar-refractivity contribution is 5.85. The van der Waals surface area contributed by atoms with Crippen LogP contribution in [0.1, 0.15) is 11.6 Å². The third-order valence-corrected chi connectivity index (χ3v) is 3.74. The van der Waals surface area contributed by atoms with Gasteiger partial charge in [-0.25, -0.2) is 4.39 Å². The molecule has 1 aliphatic rings.